The number of carbonyl (C=O) groups excluding carboxylic acids is 10. The number of hydrogen-bond acceptors (Lipinski definition) is 24. The van der Waals surface area contributed by atoms with E-state index < -0.39 is 114 Å². The van der Waals surface area contributed by atoms with E-state index in [4.69, 9.17) is 71.4 Å². The molecule has 4 heterocycles. The second-order valence-electron chi connectivity index (χ2n) is 30.7. The summed E-state index contributed by atoms with van der Waals surface area (Å²) in [6.07, 6.45) is 9.30. The van der Waals surface area contributed by atoms with Crippen molar-refractivity contribution in [3.8, 4) is 17.6 Å². The number of halogens is 1. The Hall–Kier alpha value is -9.47. The minimum Gasteiger partial charge on any atom is -0.495 e. The first-order valence-electron chi connectivity index (χ1n) is 40.8. The van der Waals surface area contributed by atoms with Gasteiger partial charge in [-0.3, -0.25) is 49.4 Å². The number of Topliss-reactive ketones (excluding diaryl/α,β-unsaturated/α-hetero) is 1. The quantitative estimate of drug-likeness (QED) is 0.0126. The molecule has 32 nitrogen and oxygen atoms in total. The second kappa shape index (κ2) is 45.8. The third-order valence-electron chi connectivity index (χ3n) is 21.9. The highest BCUT2D eigenvalue weighted by molar-refractivity contribution is 6.35. The van der Waals surface area contributed by atoms with Gasteiger partial charge >= 0.3 is 12.1 Å². The molecule has 8 amide bonds. The molecular formula is C86H117ClN12O20. The number of ether oxygens (including phenoxy) is 9. The van der Waals surface area contributed by atoms with Gasteiger partial charge in [-0.1, -0.05) is 127 Å². The minimum absolute atomic E-state index is 0.0313. The van der Waals surface area contributed by atoms with E-state index in [-0.39, 0.29) is 157 Å². The van der Waals surface area contributed by atoms with Crippen LogP contribution in [0.2, 0.25) is 5.02 Å². The number of unbranched alkanes of at least 4 members (excludes halogenated alkanes) is 2. The van der Waals surface area contributed by atoms with Crippen LogP contribution in [-0.2, 0) is 100 Å². The molecule has 6 aliphatic rings. The molecule has 3 aromatic rings. The smallest absolute Gasteiger partial charge is 0.409 e. The topological polar surface area (TPSA) is 437 Å². The van der Waals surface area contributed by atoms with Crippen molar-refractivity contribution in [3.63, 3.8) is 0 Å². The third kappa shape index (κ3) is 27.3. The normalized spacial score (nSPS) is 23.7. The van der Waals surface area contributed by atoms with Gasteiger partial charge < -0.3 is 100 Å². The molecule has 33 heteroatoms. The zero-order valence-corrected chi connectivity index (χ0v) is 69.6. The van der Waals surface area contributed by atoms with Gasteiger partial charge in [0.15, 0.2) is 29.5 Å². The molecule has 4 aliphatic heterocycles. The SMILES string of the molecule is COc1cc2cc(c1Cl)N(C)C(=O)C[C@H](OC(=O)[C@H](N)N(C)C(=O)CCCCNC1(C(=O)CCCNC(=O)[C@H](CCCCN)NC(=O)C(Cc3ccccc3)NC(=O)CCOCCOCCOCCOCCC(=O)NCC(=O)N3Cc4ccccc4C#CC4C=CC=CC43)CC1)[C@]1(N)O[C@H]1[C@H](C)[C@@H]1C[C@@](O)(NC(=O)O1)[C@H](OC)/C=C/C=C(\C)C2. The Morgan fingerprint density at radius 1 is 0.790 bits per heavy atom. The van der Waals surface area contributed by atoms with E-state index in [2.05, 4.69) is 43.7 Å². The first-order valence-corrected chi connectivity index (χ1v) is 41.2. The maximum absolute atomic E-state index is 14.4. The van der Waals surface area contributed by atoms with Gasteiger partial charge in [-0.05, 0) is 113 Å². The number of esters is 1. The molecule has 9 rings (SSSR count). The van der Waals surface area contributed by atoms with Gasteiger partial charge in [0.1, 0.15) is 41.2 Å². The predicted octanol–water partition coefficient (Wildman–Crippen LogP) is 3.87. The van der Waals surface area contributed by atoms with Gasteiger partial charge in [0, 0.05) is 84.3 Å². The van der Waals surface area contributed by atoms with Crippen LogP contribution in [0.4, 0.5) is 10.5 Å². The number of aliphatic hydroxyl groups is 1. The highest BCUT2D eigenvalue weighted by Crippen LogP contribution is 2.47. The number of epoxide rings is 1. The van der Waals surface area contributed by atoms with Crippen molar-refractivity contribution in [1.82, 2.24) is 41.7 Å². The molecule has 2 saturated heterocycles. The van der Waals surface area contributed by atoms with Crippen LogP contribution in [0.1, 0.15) is 126 Å². The Morgan fingerprint density at radius 2 is 1.48 bits per heavy atom. The lowest BCUT2D eigenvalue weighted by atomic mass is 9.86. The number of nitrogens with two attached hydrogens (primary N) is 3. The lowest BCUT2D eigenvalue weighted by molar-refractivity contribution is -0.163. The molecule has 0 radical (unpaired) electrons. The molecule has 2 aliphatic carbocycles. The predicted molar refractivity (Wildman–Crippen MR) is 441 cm³/mol. The Balaban J connectivity index is 0.654. The molecule has 1 saturated carbocycles. The number of anilines is 1. The molecule has 0 spiro atoms. The Morgan fingerprint density at radius 3 is 2.18 bits per heavy atom. The molecule has 3 unspecified atom stereocenters. The van der Waals surface area contributed by atoms with Crippen LogP contribution in [0.25, 0.3) is 0 Å². The summed E-state index contributed by atoms with van der Waals surface area (Å²) in [5.74, 6) is 1.70. The summed E-state index contributed by atoms with van der Waals surface area (Å²) in [6, 6.07) is 18.1. The summed E-state index contributed by atoms with van der Waals surface area (Å²) in [5, 5.41) is 29.2. The summed E-state index contributed by atoms with van der Waals surface area (Å²) in [7, 11) is 5.65. The van der Waals surface area contributed by atoms with E-state index in [1.54, 1.807) is 36.1 Å². The van der Waals surface area contributed by atoms with Crippen LogP contribution in [0, 0.1) is 23.7 Å². The molecule has 119 heavy (non-hydrogen) atoms. The number of likely N-dealkylation sites (N-methyl/N-ethyl adjacent to an activating group) is 1. The number of nitrogens with one attached hydrogen (secondary N) is 6. The van der Waals surface area contributed by atoms with E-state index in [0.717, 1.165) is 32.7 Å². The molecule has 13 N–H and O–H groups in total. The van der Waals surface area contributed by atoms with Gasteiger partial charge in [0.2, 0.25) is 41.4 Å². The largest absolute Gasteiger partial charge is 0.495 e. The van der Waals surface area contributed by atoms with Crippen molar-refractivity contribution in [3.05, 3.63) is 142 Å². The van der Waals surface area contributed by atoms with Crippen LogP contribution in [-0.4, -0.2) is 247 Å². The fourth-order valence-electron chi connectivity index (χ4n) is 14.6. The Bertz CT molecular complexity index is 4190. The minimum atomic E-state index is -1.95. The number of benzene rings is 3. The fourth-order valence-corrected chi connectivity index (χ4v) is 14.9. The maximum atomic E-state index is 14.4. The highest BCUT2D eigenvalue weighted by Gasteiger charge is 2.66. The Kier molecular flexibility index (Phi) is 35.9. The first kappa shape index (κ1) is 93.4. The van der Waals surface area contributed by atoms with Crippen molar-refractivity contribution in [2.24, 2.45) is 29.0 Å². The van der Waals surface area contributed by atoms with Gasteiger partial charge in [-0.25, -0.2) is 9.59 Å². The number of amides is 8. The summed E-state index contributed by atoms with van der Waals surface area (Å²) in [5.41, 5.74) is 19.1. The van der Waals surface area contributed by atoms with Crippen molar-refractivity contribution < 1.29 is 95.7 Å². The van der Waals surface area contributed by atoms with Crippen LogP contribution in [0.15, 0.2) is 115 Å². The number of allylic oxidation sites excluding steroid dienone is 5. The average Bonchev–Trinajstić information content (AvgIpc) is 1.57. The number of alkyl carbamates (subject to hydrolysis) is 1. The number of carbonyl (C=O) groups is 10. The van der Waals surface area contributed by atoms with Crippen LogP contribution in [0.3, 0.4) is 0 Å². The fraction of sp³-hybridized carbons (Fsp3) is 0.558. The van der Waals surface area contributed by atoms with Crippen LogP contribution >= 0.6 is 11.6 Å². The van der Waals surface area contributed by atoms with Crippen LogP contribution in [0.5, 0.6) is 5.75 Å². The maximum Gasteiger partial charge on any atom is 0.409 e. The molecule has 0 aromatic heterocycles. The highest BCUT2D eigenvalue weighted by atomic mass is 35.5. The molecular weight excluding hydrogens is 1560 g/mol. The number of methoxy groups -OCH3 is 2. The molecule has 4 bridgehead atoms. The van der Waals surface area contributed by atoms with Crippen molar-refractivity contribution in [2.45, 2.75) is 189 Å². The summed E-state index contributed by atoms with van der Waals surface area (Å²) in [6.45, 7) is 6.38. The number of fused-ring (bicyclic) bond motifs is 7. The van der Waals surface area contributed by atoms with Gasteiger partial charge in [0.05, 0.1) is 96.1 Å². The molecule has 3 aromatic carbocycles. The van der Waals surface area contributed by atoms with E-state index in [0.29, 0.717) is 71.0 Å². The average molecular weight is 1670 g/mol. The van der Waals surface area contributed by atoms with Gasteiger partial charge in [-0.15, -0.1) is 0 Å². The standard InChI is InChI=1S/C86H117ClN12O20/c1-56-20-18-29-70(112-6)85(110)53-68(117-83(109)96-85)57(2)78-86(90,119-78)71(52-75(104)97(3)66-50-59(48-56)51-67(111-5)77(66)87)118-82(108)79(89)98(4)74(103)30-15-17-39-93-84(35-36-84)69(100)28-19-38-91-80(106)63(26-14-16-37-88)95-81(107)64(49-58-21-8-7-9-22-58)94-73(102)34-41-114-43-45-116-47-46-115-44-42-113-40-33-72(101)92-54-76(105)99-55-62-25-11-10-23-60(62)31-32-61-24-12-13-27-65(61)99/h7-13,18,20-25,27,29,50-51,57,61,63-65,68,70-71,78-79,93,110H,14-17,19,26,28,30,33-49,52-55,88-90H2,1-6H3,(H,91,106)(H,92,101)(H,94,102)(H,95,107)(H,96,109)/b29-18+,56-20+/t57-,61?,63+,64?,65?,68+,70-,71+,78+,79-,85+,86+/m1/s1. The summed E-state index contributed by atoms with van der Waals surface area (Å²) in [4.78, 5) is 140. The second-order valence-corrected chi connectivity index (χ2v) is 31.1. The third-order valence-corrected chi connectivity index (χ3v) is 22.3. The lowest BCUT2D eigenvalue weighted by Gasteiger charge is -2.42. The molecule has 12 atom stereocenters. The summed E-state index contributed by atoms with van der Waals surface area (Å²) < 4.78 is 51.5. The molecule has 648 valence electrons. The van der Waals surface area contributed by atoms with E-state index in [9.17, 15) is 53.1 Å². The molecule has 3 fully saturated rings. The van der Waals surface area contributed by atoms with E-state index >= 15 is 0 Å². The van der Waals surface area contributed by atoms with E-state index in [1.165, 1.54) is 33.2 Å². The van der Waals surface area contributed by atoms with Crippen LogP contribution < -0.4 is 58.7 Å². The van der Waals surface area contributed by atoms with Gasteiger partial charge in [-0.2, -0.15) is 0 Å². The Labute approximate surface area is 700 Å². The summed E-state index contributed by atoms with van der Waals surface area (Å²) >= 11 is 6.83. The van der Waals surface area contributed by atoms with Crippen molar-refractivity contribution in [2.75, 3.05) is 112 Å². The zero-order valence-electron chi connectivity index (χ0n) is 68.8. The number of nitrogens with zero attached hydrogens (tertiary/aromatic N) is 3. The monoisotopic (exact) mass is 1670 g/mol. The lowest BCUT2D eigenvalue weighted by Crippen LogP contribution is -2.63. The van der Waals surface area contributed by atoms with Crippen molar-refractivity contribution >= 4 is 76.5 Å². The number of rotatable bonds is 43. The first-order chi connectivity index (χ1) is 57.2. The van der Waals surface area contributed by atoms with Gasteiger partial charge in [0.25, 0.3) is 0 Å². The zero-order chi connectivity index (χ0) is 85.7. The number of ketones is 1. The van der Waals surface area contributed by atoms with E-state index in [1.807, 2.05) is 91.9 Å². The number of hydrogen-bond donors (Lipinski definition) is 10. The van der Waals surface area contributed by atoms with Crippen molar-refractivity contribution in [1.29, 1.82) is 0 Å².